The highest BCUT2D eigenvalue weighted by Gasteiger charge is 2.50. The van der Waals surface area contributed by atoms with Gasteiger partial charge in [0.15, 0.2) is 0 Å². The van der Waals surface area contributed by atoms with E-state index in [1.165, 1.54) is 38.5 Å². The first-order valence-corrected chi connectivity index (χ1v) is 7.94. The molecule has 0 atom stereocenters. The lowest BCUT2D eigenvalue weighted by atomic mass is 9.50. The molecule has 0 saturated heterocycles. The monoisotopic (exact) mass is 254 g/mol. The van der Waals surface area contributed by atoms with Gasteiger partial charge in [-0.05, 0) is 77.0 Å². The Balaban J connectivity index is 1.65. The summed E-state index contributed by atoms with van der Waals surface area (Å²) in [4.78, 5) is 0. The molecule has 0 aliphatic heterocycles. The molecule has 0 aromatic heterocycles. The van der Waals surface area contributed by atoms with E-state index in [0.717, 1.165) is 24.2 Å². The van der Waals surface area contributed by atoms with Gasteiger partial charge < -0.3 is 0 Å². The van der Waals surface area contributed by atoms with Gasteiger partial charge in [-0.25, -0.2) is 0 Å². The van der Waals surface area contributed by atoms with Gasteiger partial charge in [0.2, 0.25) is 0 Å². The SMILES string of the molecule is CC(C)(C)C#CCC#CC12CC3CC(CC(C3)C1)C2. The zero-order valence-electron chi connectivity index (χ0n) is 12.7. The maximum absolute atomic E-state index is 3.66. The molecule has 0 unspecified atom stereocenters. The summed E-state index contributed by atoms with van der Waals surface area (Å²) < 4.78 is 0. The number of rotatable bonds is 0. The molecule has 4 fully saturated rings. The van der Waals surface area contributed by atoms with Gasteiger partial charge in [0.25, 0.3) is 0 Å². The van der Waals surface area contributed by atoms with Gasteiger partial charge in [-0.15, -0.1) is 0 Å². The van der Waals surface area contributed by atoms with Crippen LogP contribution in [0.25, 0.3) is 0 Å². The van der Waals surface area contributed by atoms with Crippen LogP contribution in [0.15, 0.2) is 0 Å². The van der Waals surface area contributed by atoms with Crippen molar-refractivity contribution in [1.82, 2.24) is 0 Å². The predicted octanol–water partition coefficient (Wildman–Crippen LogP) is 4.65. The maximum atomic E-state index is 3.66. The summed E-state index contributed by atoms with van der Waals surface area (Å²) in [5.74, 6) is 16.6. The van der Waals surface area contributed by atoms with Gasteiger partial charge in [0.1, 0.15) is 0 Å². The normalized spacial score (nSPS) is 39.2. The topological polar surface area (TPSA) is 0 Å². The van der Waals surface area contributed by atoms with Gasteiger partial charge in [-0.3, -0.25) is 0 Å². The second-order valence-electron chi connectivity index (χ2n) is 8.23. The van der Waals surface area contributed by atoms with Crippen LogP contribution in [0.4, 0.5) is 0 Å². The standard InChI is InChI=1S/C19H26/c1-18(2,3)7-5-4-6-8-19-12-15-9-16(13-19)11-17(10-15)14-19/h15-17H,4,9-14H2,1-3H3. The molecule has 0 N–H and O–H groups in total. The average Bonchev–Trinajstić information content (AvgIpc) is 2.24. The van der Waals surface area contributed by atoms with Crippen molar-refractivity contribution in [2.75, 3.05) is 0 Å². The lowest BCUT2D eigenvalue weighted by molar-refractivity contribution is -0.0181. The zero-order valence-corrected chi connectivity index (χ0v) is 12.7. The zero-order chi connectivity index (χ0) is 13.5. The van der Waals surface area contributed by atoms with Crippen LogP contribution >= 0.6 is 0 Å². The molecule has 4 aliphatic carbocycles. The summed E-state index contributed by atoms with van der Waals surface area (Å²) in [6.45, 7) is 6.48. The fraction of sp³-hybridized carbons (Fsp3) is 0.789. The molecule has 19 heavy (non-hydrogen) atoms. The Morgan fingerprint density at radius 2 is 1.42 bits per heavy atom. The fourth-order valence-electron chi connectivity index (χ4n) is 4.85. The van der Waals surface area contributed by atoms with Crippen molar-refractivity contribution in [2.24, 2.45) is 28.6 Å². The molecule has 4 bridgehead atoms. The van der Waals surface area contributed by atoms with Crippen LogP contribution in [0.1, 0.15) is 65.7 Å². The van der Waals surface area contributed by atoms with Crippen LogP contribution in [0.5, 0.6) is 0 Å². The second-order valence-corrected chi connectivity index (χ2v) is 8.23. The summed E-state index contributed by atoms with van der Waals surface area (Å²) in [5, 5.41) is 0. The lowest BCUT2D eigenvalue weighted by Crippen LogP contribution is -2.45. The smallest absolute Gasteiger partial charge is 0.0703 e. The Kier molecular flexibility index (Phi) is 3.17. The summed E-state index contributed by atoms with van der Waals surface area (Å²) >= 11 is 0. The predicted molar refractivity (Wildman–Crippen MR) is 80.2 cm³/mol. The molecule has 102 valence electrons. The molecule has 0 radical (unpaired) electrons. The average molecular weight is 254 g/mol. The molecule has 4 aliphatic rings. The van der Waals surface area contributed by atoms with Crippen molar-refractivity contribution in [3.8, 4) is 23.7 Å². The molecule has 0 aromatic carbocycles. The summed E-state index contributed by atoms with van der Waals surface area (Å²) in [6, 6.07) is 0. The van der Waals surface area contributed by atoms with Gasteiger partial charge in [-0.2, -0.15) is 0 Å². The van der Waals surface area contributed by atoms with Crippen LogP contribution in [0.2, 0.25) is 0 Å². The highest BCUT2D eigenvalue weighted by atomic mass is 14.5. The Morgan fingerprint density at radius 1 is 0.895 bits per heavy atom. The van der Waals surface area contributed by atoms with Crippen molar-refractivity contribution < 1.29 is 0 Å². The summed E-state index contributed by atoms with van der Waals surface area (Å²) in [7, 11) is 0. The van der Waals surface area contributed by atoms with Crippen molar-refractivity contribution in [2.45, 2.75) is 65.7 Å². The largest absolute Gasteiger partial charge is 0.0964 e. The third kappa shape index (κ3) is 3.00. The maximum Gasteiger partial charge on any atom is 0.0703 e. The fourth-order valence-corrected chi connectivity index (χ4v) is 4.85. The van der Waals surface area contributed by atoms with E-state index in [1.807, 2.05) is 0 Å². The minimum Gasteiger partial charge on any atom is -0.0964 e. The van der Waals surface area contributed by atoms with E-state index < -0.39 is 0 Å². The lowest BCUT2D eigenvalue weighted by Gasteiger charge is -2.54. The summed E-state index contributed by atoms with van der Waals surface area (Å²) in [6.07, 6.45) is 9.44. The van der Waals surface area contributed by atoms with Gasteiger partial charge in [0, 0.05) is 10.8 Å². The van der Waals surface area contributed by atoms with E-state index >= 15 is 0 Å². The van der Waals surface area contributed by atoms with Crippen LogP contribution in [0, 0.1) is 52.3 Å². The molecular formula is C19H26. The van der Waals surface area contributed by atoms with Crippen molar-refractivity contribution >= 4 is 0 Å². The Hall–Kier alpha value is -0.880. The number of hydrogen-bond acceptors (Lipinski definition) is 0. The van der Waals surface area contributed by atoms with E-state index in [4.69, 9.17) is 0 Å². The number of hydrogen-bond donors (Lipinski definition) is 0. The first-order valence-electron chi connectivity index (χ1n) is 7.94. The quantitative estimate of drug-likeness (QED) is 0.552. The molecular weight excluding hydrogens is 228 g/mol. The minimum atomic E-state index is 0.113. The van der Waals surface area contributed by atoms with Gasteiger partial charge in [0.05, 0.1) is 6.42 Å². The molecule has 4 saturated carbocycles. The van der Waals surface area contributed by atoms with E-state index in [-0.39, 0.29) is 5.41 Å². The first kappa shape index (κ1) is 13.1. The summed E-state index contributed by atoms with van der Waals surface area (Å²) in [5.41, 5.74) is 0.514. The van der Waals surface area contributed by atoms with Crippen LogP contribution in [-0.2, 0) is 0 Å². The molecule has 0 aromatic rings. The van der Waals surface area contributed by atoms with Crippen molar-refractivity contribution in [3.05, 3.63) is 0 Å². The van der Waals surface area contributed by atoms with E-state index in [9.17, 15) is 0 Å². The van der Waals surface area contributed by atoms with Crippen LogP contribution in [0.3, 0.4) is 0 Å². The van der Waals surface area contributed by atoms with Crippen LogP contribution in [-0.4, -0.2) is 0 Å². The highest BCUT2D eigenvalue weighted by Crippen LogP contribution is 2.59. The third-order valence-corrected chi connectivity index (χ3v) is 5.03. The molecule has 0 heterocycles. The molecule has 0 heteroatoms. The molecule has 4 rings (SSSR count). The van der Waals surface area contributed by atoms with E-state index in [1.54, 1.807) is 0 Å². The van der Waals surface area contributed by atoms with Crippen molar-refractivity contribution in [1.29, 1.82) is 0 Å². The van der Waals surface area contributed by atoms with Gasteiger partial charge >= 0.3 is 0 Å². The Morgan fingerprint density at radius 3 is 1.89 bits per heavy atom. The molecule has 0 nitrogen and oxygen atoms in total. The highest BCUT2D eigenvalue weighted by molar-refractivity contribution is 5.22. The Labute approximate surface area is 118 Å². The van der Waals surface area contributed by atoms with Crippen LogP contribution < -0.4 is 0 Å². The third-order valence-electron chi connectivity index (χ3n) is 5.03. The van der Waals surface area contributed by atoms with E-state index in [0.29, 0.717) is 5.41 Å². The second kappa shape index (κ2) is 4.59. The van der Waals surface area contributed by atoms with Gasteiger partial charge in [-0.1, -0.05) is 23.7 Å². The molecule has 0 spiro atoms. The Bertz CT molecular complexity index is 431. The first-order chi connectivity index (χ1) is 8.94. The van der Waals surface area contributed by atoms with Crippen molar-refractivity contribution in [3.63, 3.8) is 0 Å². The van der Waals surface area contributed by atoms with E-state index in [2.05, 4.69) is 44.5 Å². The molecule has 0 amide bonds. The minimum absolute atomic E-state index is 0.113.